The molecule has 0 radical (unpaired) electrons. The van der Waals surface area contributed by atoms with E-state index in [-0.39, 0.29) is 18.2 Å². The third-order valence-electron chi connectivity index (χ3n) is 1.92. The van der Waals surface area contributed by atoms with Crippen LogP contribution in [0.5, 0.6) is 0 Å². The van der Waals surface area contributed by atoms with Crippen LogP contribution in [0.25, 0.3) is 10.2 Å². The standard InChI is InChI=1S/C9H8IN3O2S/c1-4(14)3-11-9(15)6-2-5-7(16-6)8(10)13-12-5/h2H,3H2,1H3,(H,11,15)(H,12,13). The molecule has 0 aromatic carbocycles. The molecule has 0 aliphatic rings. The smallest absolute Gasteiger partial charge is 0.261 e. The van der Waals surface area contributed by atoms with Crippen LogP contribution in [0.3, 0.4) is 0 Å². The van der Waals surface area contributed by atoms with Crippen molar-refractivity contribution in [2.45, 2.75) is 6.92 Å². The van der Waals surface area contributed by atoms with Crippen molar-refractivity contribution in [2.24, 2.45) is 0 Å². The average molecular weight is 349 g/mol. The number of ketones is 1. The molecule has 7 heteroatoms. The number of rotatable bonds is 3. The quantitative estimate of drug-likeness (QED) is 0.826. The Morgan fingerprint density at radius 2 is 2.38 bits per heavy atom. The summed E-state index contributed by atoms with van der Waals surface area (Å²) in [5.74, 6) is -0.285. The van der Waals surface area contributed by atoms with Crippen LogP contribution in [0.1, 0.15) is 16.6 Å². The van der Waals surface area contributed by atoms with E-state index in [0.29, 0.717) is 4.88 Å². The largest absolute Gasteiger partial charge is 0.344 e. The third-order valence-corrected chi connectivity index (χ3v) is 4.20. The number of thiophene rings is 1. The Kier molecular flexibility index (Phi) is 3.24. The second-order valence-corrected chi connectivity index (χ2v) is 5.33. The van der Waals surface area contributed by atoms with Gasteiger partial charge in [-0.05, 0) is 35.6 Å². The monoisotopic (exact) mass is 349 g/mol. The van der Waals surface area contributed by atoms with Crippen molar-refractivity contribution in [3.8, 4) is 0 Å². The van der Waals surface area contributed by atoms with Crippen molar-refractivity contribution in [1.29, 1.82) is 0 Å². The zero-order chi connectivity index (χ0) is 11.7. The van der Waals surface area contributed by atoms with Crippen LogP contribution in [0.15, 0.2) is 6.07 Å². The van der Waals surface area contributed by atoms with Gasteiger partial charge in [0.05, 0.1) is 21.6 Å². The number of carbonyl (C=O) groups is 2. The van der Waals surface area contributed by atoms with Gasteiger partial charge in [0.2, 0.25) is 0 Å². The Morgan fingerprint density at radius 3 is 3.00 bits per heavy atom. The highest BCUT2D eigenvalue weighted by Gasteiger charge is 2.13. The van der Waals surface area contributed by atoms with Crippen LogP contribution in [0.4, 0.5) is 0 Å². The Balaban J connectivity index is 2.20. The molecule has 84 valence electrons. The molecule has 5 nitrogen and oxygen atoms in total. The number of carbonyl (C=O) groups excluding carboxylic acids is 2. The molecule has 2 heterocycles. The average Bonchev–Trinajstić information content (AvgIpc) is 2.78. The molecule has 0 bridgehead atoms. The number of nitrogens with zero attached hydrogens (tertiary/aromatic N) is 1. The van der Waals surface area contributed by atoms with E-state index >= 15 is 0 Å². The second-order valence-electron chi connectivity index (χ2n) is 3.25. The minimum Gasteiger partial charge on any atom is -0.344 e. The van der Waals surface area contributed by atoms with Gasteiger partial charge in [-0.15, -0.1) is 11.3 Å². The predicted molar refractivity (Wildman–Crippen MR) is 69.7 cm³/mol. The summed E-state index contributed by atoms with van der Waals surface area (Å²) >= 11 is 3.47. The minimum absolute atomic E-state index is 0.0632. The number of aromatic nitrogens is 2. The summed E-state index contributed by atoms with van der Waals surface area (Å²) in [7, 11) is 0. The molecular formula is C9H8IN3O2S. The molecule has 2 aromatic heterocycles. The van der Waals surface area contributed by atoms with Gasteiger partial charge in [0.1, 0.15) is 9.48 Å². The first-order valence-electron chi connectivity index (χ1n) is 4.49. The van der Waals surface area contributed by atoms with Crippen molar-refractivity contribution in [3.63, 3.8) is 0 Å². The zero-order valence-electron chi connectivity index (χ0n) is 8.33. The van der Waals surface area contributed by atoms with E-state index in [1.807, 2.05) is 0 Å². The van der Waals surface area contributed by atoms with E-state index in [1.165, 1.54) is 18.3 Å². The highest BCUT2D eigenvalue weighted by atomic mass is 127. The van der Waals surface area contributed by atoms with Crippen LogP contribution in [-0.2, 0) is 4.79 Å². The maximum absolute atomic E-state index is 11.6. The molecule has 0 fully saturated rings. The van der Waals surface area contributed by atoms with Gasteiger partial charge in [0.25, 0.3) is 5.91 Å². The normalized spacial score (nSPS) is 10.6. The summed E-state index contributed by atoms with van der Waals surface area (Å²) in [5.41, 5.74) is 0.849. The number of hydrogen-bond acceptors (Lipinski definition) is 4. The number of amides is 1. The van der Waals surface area contributed by atoms with Crippen LogP contribution in [0, 0.1) is 3.70 Å². The second kappa shape index (κ2) is 4.50. The fraction of sp³-hybridized carbons (Fsp3) is 0.222. The zero-order valence-corrected chi connectivity index (χ0v) is 11.3. The summed E-state index contributed by atoms with van der Waals surface area (Å²) in [4.78, 5) is 23.0. The van der Waals surface area contributed by atoms with E-state index in [2.05, 4.69) is 38.1 Å². The van der Waals surface area contributed by atoms with Crippen molar-refractivity contribution in [1.82, 2.24) is 15.5 Å². The van der Waals surface area contributed by atoms with E-state index in [1.54, 1.807) is 6.07 Å². The lowest BCUT2D eigenvalue weighted by molar-refractivity contribution is -0.116. The van der Waals surface area contributed by atoms with Crippen molar-refractivity contribution in [2.75, 3.05) is 6.54 Å². The number of fused-ring (bicyclic) bond motifs is 1. The van der Waals surface area contributed by atoms with E-state index in [9.17, 15) is 9.59 Å². The van der Waals surface area contributed by atoms with Crippen molar-refractivity contribution in [3.05, 3.63) is 14.6 Å². The number of Topliss-reactive ketones (excluding diaryl/α,β-unsaturated/α-hetero) is 1. The van der Waals surface area contributed by atoms with Gasteiger partial charge in [-0.1, -0.05) is 0 Å². The van der Waals surface area contributed by atoms with Gasteiger partial charge in [-0.25, -0.2) is 0 Å². The lowest BCUT2D eigenvalue weighted by Gasteiger charge is -1.98. The van der Waals surface area contributed by atoms with Crippen LogP contribution in [-0.4, -0.2) is 28.4 Å². The molecule has 0 aliphatic heterocycles. The first kappa shape index (κ1) is 11.5. The Bertz CT molecular complexity index is 560. The minimum atomic E-state index is -0.222. The summed E-state index contributed by atoms with van der Waals surface area (Å²) < 4.78 is 1.82. The number of H-pyrrole nitrogens is 1. The summed E-state index contributed by atoms with van der Waals surface area (Å²) in [6, 6.07) is 1.74. The highest BCUT2D eigenvalue weighted by Crippen LogP contribution is 2.27. The topological polar surface area (TPSA) is 74.8 Å². The van der Waals surface area contributed by atoms with Crippen LogP contribution < -0.4 is 5.32 Å². The van der Waals surface area contributed by atoms with Gasteiger partial charge < -0.3 is 5.32 Å². The molecule has 0 spiro atoms. The number of nitrogens with one attached hydrogen (secondary N) is 2. The maximum Gasteiger partial charge on any atom is 0.261 e. The van der Waals surface area contributed by atoms with E-state index in [4.69, 9.17) is 0 Å². The Hall–Kier alpha value is -0.960. The molecule has 0 saturated carbocycles. The van der Waals surface area contributed by atoms with Crippen molar-refractivity contribution < 1.29 is 9.59 Å². The highest BCUT2D eigenvalue weighted by molar-refractivity contribution is 14.1. The molecule has 2 N–H and O–H groups in total. The molecule has 16 heavy (non-hydrogen) atoms. The summed E-state index contributed by atoms with van der Waals surface area (Å²) in [6.45, 7) is 1.51. The van der Waals surface area contributed by atoms with Gasteiger partial charge in [-0.3, -0.25) is 14.7 Å². The van der Waals surface area contributed by atoms with Gasteiger partial charge in [0.15, 0.2) is 0 Å². The first-order valence-corrected chi connectivity index (χ1v) is 6.38. The molecule has 1 amide bonds. The molecule has 2 rings (SSSR count). The molecule has 2 aromatic rings. The SMILES string of the molecule is CC(=O)CNC(=O)c1cc2[nH]nc(I)c2s1. The lowest BCUT2D eigenvalue weighted by Crippen LogP contribution is -2.27. The van der Waals surface area contributed by atoms with E-state index < -0.39 is 0 Å². The molecular weight excluding hydrogens is 341 g/mol. The maximum atomic E-state index is 11.6. The number of halogens is 1. The number of aromatic amines is 1. The third kappa shape index (κ3) is 2.24. The summed E-state index contributed by atoms with van der Waals surface area (Å²) in [5, 5.41) is 9.40. The Morgan fingerprint density at radius 1 is 1.62 bits per heavy atom. The van der Waals surface area contributed by atoms with Gasteiger partial charge in [-0.2, -0.15) is 5.10 Å². The molecule has 0 unspecified atom stereocenters. The predicted octanol–water partition coefficient (Wildman–Crippen LogP) is 1.55. The Labute approximate surface area is 109 Å². The molecule has 0 aliphatic carbocycles. The fourth-order valence-electron chi connectivity index (χ4n) is 1.19. The molecule has 0 saturated heterocycles. The van der Waals surface area contributed by atoms with Gasteiger partial charge in [0, 0.05) is 0 Å². The van der Waals surface area contributed by atoms with E-state index in [0.717, 1.165) is 13.9 Å². The van der Waals surface area contributed by atoms with Gasteiger partial charge >= 0.3 is 0 Å². The van der Waals surface area contributed by atoms with Crippen LogP contribution in [0.2, 0.25) is 0 Å². The van der Waals surface area contributed by atoms with Crippen molar-refractivity contribution >= 4 is 55.8 Å². The van der Waals surface area contributed by atoms with Crippen LogP contribution >= 0.6 is 33.9 Å². The summed E-state index contributed by atoms with van der Waals surface area (Å²) in [6.07, 6.45) is 0. The first-order chi connectivity index (χ1) is 7.58. The number of hydrogen-bond donors (Lipinski definition) is 2. The fourth-order valence-corrected chi connectivity index (χ4v) is 2.84. The molecule has 0 atom stereocenters. The lowest BCUT2D eigenvalue weighted by atomic mass is 10.4.